The van der Waals surface area contributed by atoms with Gasteiger partial charge in [-0.05, 0) is 55.5 Å². The summed E-state index contributed by atoms with van der Waals surface area (Å²) in [4.78, 5) is 27.1. The Morgan fingerprint density at radius 3 is 2.66 bits per heavy atom. The normalized spacial score (nSPS) is 16.1. The summed E-state index contributed by atoms with van der Waals surface area (Å²) >= 11 is 0. The second-order valence-corrected chi connectivity index (χ2v) is 7.39. The summed E-state index contributed by atoms with van der Waals surface area (Å²) in [6.07, 6.45) is 5.17. The summed E-state index contributed by atoms with van der Waals surface area (Å²) in [5.74, 6) is -0.404. The number of anilines is 1. The van der Waals surface area contributed by atoms with Crippen molar-refractivity contribution in [3.63, 3.8) is 0 Å². The first-order valence-electron chi connectivity index (χ1n) is 10.0. The van der Waals surface area contributed by atoms with Gasteiger partial charge in [0.15, 0.2) is 0 Å². The lowest BCUT2D eigenvalue weighted by molar-refractivity contribution is -0.131. The molecule has 0 spiro atoms. The van der Waals surface area contributed by atoms with Crippen molar-refractivity contribution in [2.24, 2.45) is 0 Å². The molecule has 0 bridgehead atoms. The lowest BCUT2D eigenvalue weighted by Crippen LogP contribution is -2.41. The van der Waals surface area contributed by atoms with Gasteiger partial charge in [-0.1, -0.05) is 42.5 Å². The number of aryl methyl sites for hydroxylation is 1. The summed E-state index contributed by atoms with van der Waals surface area (Å²) in [6.45, 7) is 5.10. The molecule has 1 fully saturated rings. The third-order valence-electron chi connectivity index (χ3n) is 5.19. The zero-order valence-electron chi connectivity index (χ0n) is 17.1. The molecule has 1 aliphatic rings. The number of hydrogen-bond donors (Lipinski definition) is 1. The molecule has 1 atom stereocenters. The van der Waals surface area contributed by atoms with Gasteiger partial charge in [-0.25, -0.2) is 0 Å². The first kappa shape index (κ1) is 20.8. The van der Waals surface area contributed by atoms with Crippen molar-refractivity contribution in [3.8, 4) is 0 Å². The molecule has 0 radical (unpaired) electrons. The maximum atomic E-state index is 12.8. The number of ether oxygens (including phenoxy) is 1. The van der Waals surface area contributed by atoms with Crippen molar-refractivity contribution in [2.45, 2.75) is 32.8 Å². The van der Waals surface area contributed by atoms with E-state index in [1.807, 2.05) is 62.4 Å². The quantitative estimate of drug-likeness (QED) is 0.726. The fourth-order valence-corrected chi connectivity index (χ4v) is 3.35. The van der Waals surface area contributed by atoms with Gasteiger partial charge in [0.1, 0.15) is 6.54 Å². The number of nitrogens with one attached hydrogen (secondary N) is 1. The van der Waals surface area contributed by atoms with Crippen molar-refractivity contribution in [2.75, 3.05) is 25.0 Å². The van der Waals surface area contributed by atoms with Crippen LogP contribution in [0.25, 0.3) is 6.08 Å². The summed E-state index contributed by atoms with van der Waals surface area (Å²) in [6, 6.07) is 15.4. The molecular formula is C24H28N2O3. The van der Waals surface area contributed by atoms with E-state index in [0.717, 1.165) is 35.2 Å². The van der Waals surface area contributed by atoms with E-state index < -0.39 is 0 Å². The van der Waals surface area contributed by atoms with Crippen LogP contribution < -0.4 is 5.32 Å². The second-order valence-electron chi connectivity index (χ2n) is 7.39. The third kappa shape index (κ3) is 6.03. The van der Waals surface area contributed by atoms with E-state index in [0.29, 0.717) is 13.2 Å². The molecular weight excluding hydrogens is 364 g/mol. The smallest absolute Gasteiger partial charge is 0.247 e. The Hall–Kier alpha value is -2.92. The molecule has 1 heterocycles. The van der Waals surface area contributed by atoms with Gasteiger partial charge < -0.3 is 15.0 Å². The van der Waals surface area contributed by atoms with Crippen molar-refractivity contribution in [1.82, 2.24) is 4.90 Å². The van der Waals surface area contributed by atoms with Crippen molar-refractivity contribution in [1.29, 1.82) is 0 Å². The molecule has 1 N–H and O–H groups in total. The number of carbonyl (C=O) groups is 2. The molecule has 1 unspecified atom stereocenters. The molecule has 29 heavy (non-hydrogen) atoms. The molecule has 152 valence electrons. The summed E-state index contributed by atoms with van der Waals surface area (Å²) in [5, 5.41) is 2.94. The highest BCUT2D eigenvalue weighted by Gasteiger charge is 2.23. The van der Waals surface area contributed by atoms with E-state index in [2.05, 4.69) is 5.32 Å². The summed E-state index contributed by atoms with van der Waals surface area (Å²) < 4.78 is 5.68. The molecule has 1 saturated heterocycles. The number of hydrogen-bond acceptors (Lipinski definition) is 3. The second kappa shape index (κ2) is 10.0. The third-order valence-corrected chi connectivity index (χ3v) is 5.19. The van der Waals surface area contributed by atoms with Gasteiger partial charge in [0.05, 0.1) is 6.10 Å². The highest BCUT2D eigenvalue weighted by Crippen LogP contribution is 2.18. The topological polar surface area (TPSA) is 58.6 Å². The van der Waals surface area contributed by atoms with Crippen molar-refractivity contribution >= 4 is 23.6 Å². The van der Waals surface area contributed by atoms with E-state index in [-0.39, 0.29) is 24.5 Å². The van der Waals surface area contributed by atoms with Gasteiger partial charge in [0.25, 0.3) is 0 Å². The first-order valence-corrected chi connectivity index (χ1v) is 10.0. The molecule has 2 aromatic carbocycles. The number of carbonyl (C=O) groups excluding carboxylic acids is 2. The van der Waals surface area contributed by atoms with Crippen LogP contribution in [0.1, 0.15) is 29.5 Å². The Labute approximate surface area is 172 Å². The van der Waals surface area contributed by atoms with Gasteiger partial charge >= 0.3 is 0 Å². The minimum Gasteiger partial charge on any atom is -0.376 e. The fraction of sp³-hybridized carbons (Fsp3) is 0.333. The van der Waals surface area contributed by atoms with Gasteiger partial charge in [0, 0.05) is 24.9 Å². The van der Waals surface area contributed by atoms with Crippen molar-refractivity contribution in [3.05, 3.63) is 71.3 Å². The van der Waals surface area contributed by atoms with Crippen LogP contribution >= 0.6 is 0 Å². The SMILES string of the molecule is Cc1cccc(NC(=O)CN(CC2CCCO2)C(=O)/C=C/c2ccccc2)c1C. The number of nitrogens with zero attached hydrogens (tertiary/aromatic N) is 1. The van der Waals surface area contributed by atoms with E-state index in [1.165, 1.54) is 6.08 Å². The number of amides is 2. The molecule has 0 aliphatic carbocycles. The molecule has 3 rings (SSSR count). The molecule has 5 heteroatoms. The molecule has 2 amide bonds. The zero-order valence-corrected chi connectivity index (χ0v) is 17.1. The zero-order chi connectivity index (χ0) is 20.6. The fourth-order valence-electron chi connectivity index (χ4n) is 3.35. The average Bonchev–Trinajstić information content (AvgIpc) is 3.23. The Morgan fingerprint density at radius 1 is 1.14 bits per heavy atom. The van der Waals surface area contributed by atoms with Gasteiger partial charge in [-0.3, -0.25) is 9.59 Å². The molecule has 1 aliphatic heterocycles. The van der Waals surface area contributed by atoms with Crippen LogP contribution in [-0.2, 0) is 14.3 Å². The van der Waals surface area contributed by atoms with Crippen LogP contribution in [0.15, 0.2) is 54.6 Å². The number of rotatable bonds is 7. The predicted octanol–water partition coefficient (Wildman–Crippen LogP) is 3.96. The van der Waals surface area contributed by atoms with Crippen LogP contribution in [0.4, 0.5) is 5.69 Å². The van der Waals surface area contributed by atoms with E-state index in [4.69, 9.17) is 4.74 Å². The van der Waals surface area contributed by atoms with Crippen LogP contribution in [0.2, 0.25) is 0 Å². The molecule has 0 aromatic heterocycles. The molecule has 5 nitrogen and oxygen atoms in total. The largest absolute Gasteiger partial charge is 0.376 e. The Morgan fingerprint density at radius 2 is 1.93 bits per heavy atom. The van der Waals surface area contributed by atoms with Crippen LogP contribution in [0.3, 0.4) is 0 Å². The Bertz CT molecular complexity index is 871. The maximum absolute atomic E-state index is 12.8. The summed E-state index contributed by atoms with van der Waals surface area (Å²) in [5.41, 5.74) is 3.86. The standard InChI is InChI=1S/C24H28N2O3/c1-18-8-6-12-22(19(18)2)25-23(27)17-26(16-21-11-7-15-29-21)24(28)14-13-20-9-4-3-5-10-20/h3-6,8-10,12-14,21H,7,11,15-17H2,1-2H3,(H,25,27)/b14-13+. The van der Waals surface area contributed by atoms with Gasteiger partial charge in [-0.15, -0.1) is 0 Å². The lowest BCUT2D eigenvalue weighted by Gasteiger charge is -2.24. The highest BCUT2D eigenvalue weighted by molar-refractivity contribution is 5.98. The maximum Gasteiger partial charge on any atom is 0.247 e. The predicted molar refractivity (Wildman–Crippen MR) is 116 cm³/mol. The van der Waals surface area contributed by atoms with Crippen LogP contribution in [0.5, 0.6) is 0 Å². The monoisotopic (exact) mass is 392 g/mol. The number of benzene rings is 2. The van der Waals surface area contributed by atoms with E-state index in [9.17, 15) is 9.59 Å². The van der Waals surface area contributed by atoms with Gasteiger partial charge in [0.2, 0.25) is 11.8 Å². The molecule has 0 saturated carbocycles. The van der Waals surface area contributed by atoms with Crippen LogP contribution in [0, 0.1) is 13.8 Å². The minimum absolute atomic E-state index is 0.00873. The van der Waals surface area contributed by atoms with Crippen LogP contribution in [-0.4, -0.2) is 42.5 Å². The first-order chi connectivity index (χ1) is 14.0. The van der Waals surface area contributed by atoms with E-state index in [1.54, 1.807) is 11.0 Å². The average molecular weight is 392 g/mol. The highest BCUT2D eigenvalue weighted by atomic mass is 16.5. The molecule has 2 aromatic rings. The van der Waals surface area contributed by atoms with E-state index >= 15 is 0 Å². The lowest BCUT2D eigenvalue weighted by atomic mass is 10.1. The minimum atomic E-state index is -0.210. The van der Waals surface area contributed by atoms with Gasteiger partial charge in [-0.2, -0.15) is 0 Å². The summed E-state index contributed by atoms with van der Waals surface area (Å²) in [7, 11) is 0. The Balaban J connectivity index is 1.68. The van der Waals surface area contributed by atoms with Crippen molar-refractivity contribution < 1.29 is 14.3 Å². The Kier molecular flexibility index (Phi) is 7.19.